The molecule has 33 heavy (non-hydrogen) atoms. The number of carbonyl (C=O) groups is 1. The number of ketones is 1. The molecule has 2 aliphatic heterocycles. The Labute approximate surface area is 192 Å². The summed E-state index contributed by atoms with van der Waals surface area (Å²) >= 11 is 0. The molecule has 0 unspecified atom stereocenters. The first-order valence-corrected chi connectivity index (χ1v) is 10.6. The Bertz CT molecular complexity index is 1250. The van der Waals surface area contributed by atoms with Gasteiger partial charge >= 0.3 is 0 Å². The van der Waals surface area contributed by atoms with Crippen LogP contribution in [0.25, 0.3) is 6.08 Å². The van der Waals surface area contributed by atoms with Gasteiger partial charge in [-0.2, -0.15) is 0 Å². The summed E-state index contributed by atoms with van der Waals surface area (Å²) < 4.78 is 22.7. The second kappa shape index (κ2) is 8.60. The summed E-state index contributed by atoms with van der Waals surface area (Å²) in [5.41, 5.74) is 4.12. The van der Waals surface area contributed by atoms with E-state index >= 15 is 0 Å². The van der Waals surface area contributed by atoms with E-state index in [1.165, 1.54) is 0 Å². The summed E-state index contributed by atoms with van der Waals surface area (Å²) in [6.45, 7) is 3.72. The predicted octanol–water partition coefficient (Wildman–Crippen LogP) is 4.38. The molecule has 7 heteroatoms. The van der Waals surface area contributed by atoms with Crippen LogP contribution in [0.2, 0.25) is 0 Å². The lowest BCUT2D eigenvalue weighted by Gasteiger charge is -2.30. The van der Waals surface area contributed by atoms with Crippen molar-refractivity contribution in [2.75, 3.05) is 21.0 Å². The van der Waals surface area contributed by atoms with Crippen LogP contribution >= 0.6 is 0 Å². The summed E-state index contributed by atoms with van der Waals surface area (Å²) in [4.78, 5) is 19.7. The molecule has 7 nitrogen and oxygen atoms in total. The monoisotopic (exact) mass is 444 g/mol. The molecular weight excluding hydrogens is 420 g/mol. The number of aromatic nitrogens is 1. The minimum absolute atomic E-state index is 0.146. The maximum Gasteiger partial charge on any atom is 0.231 e. The number of ether oxygens (including phenoxy) is 4. The van der Waals surface area contributed by atoms with Gasteiger partial charge in [0.25, 0.3) is 0 Å². The number of pyridine rings is 1. The SMILES string of the molecule is COc1ccc(C=C2Oc3c(cc4c(c3C)OCN(Cc3ccccn3)C4)C2=O)cc1OC. The first-order chi connectivity index (χ1) is 16.1. The van der Waals surface area contributed by atoms with Gasteiger partial charge in [0.1, 0.15) is 18.2 Å². The van der Waals surface area contributed by atoms with Crippen molar-refractivity contribution >= 4 is 11.9 Å². The second-order valence-corrected chi connectivity index (χ2v) is 8.00. The van der Waals surface area contributed by atoms with E-state index in [9.17, 15) is 4.79 Å². The van der Waals surface area contributed by atoms with E-state index in [0.717, 1.165) is 28.1 Å². The topological polar surface area (TPSA) is 70.1 Å². The Kier molecular flexibility index (Phi) is 5.48. The summed E-state index contributed by atoms with van der Waals surface area (Å²) in [5.74, 6) is 2.68. The van der Waals surface area contributed by atoms with Crippen molar-refractivity contribution in [2.45, 2.75) is 20.0 Å². The lowest BCUT2D eigenvalue weighted by atomic mass is 10.00. The van der Waals surface area contributed by atoms with Crippen LogP contribution < -0.4 is 18.9 Å². The number of allylic oxidation sites excluding steroid dienone is 1. The second-order valence-electron chi connectivity index (χ2n) is 8.00. The van der Waals surface area contributed by atoms with Gasteiger partial charge in [-0.1, -0.05) is 12.1 Å². The zero-order chi connectivity index (χ0) is 22.9. The number of carbonyl (C=O) groups excluding carboxylic acids is 1. The Morgan fingerprint density at radius 2 is 1.94 bits per heavy atom. The molecule has 0 radical (unpaired) electrons. The molecule has 3 aromatic rings. The van der Waals surface area contributed by atoms with Crippen LogP contribution in [0.1, 0.15) is 32.7 Å². The first kappa shape index (κ1) is 21.0. The summed E-state index contributed by atoms with van der Waals surface area (Å²) in [7, 11) is 3.16. The summed E-state index contributed by atoms with van der Waals surface area (Å²) in [6, 6.07) is 13.2. The van der Waals surface area contributed by atoms with Crippen molar-refractivity contribution in [2.24, 2.45) is 0 Å². The van der Waals surface area contributed by atoms with Crippen LogP contribution in [0.15, 0.2) is 54.4 Å². The Morgan fingerprint density at radius 3 is 2.70 bits per heavy atom. The fourth-order valence-corrected chi connectivity index (χ4v) is 4.21. The molecule has 0 aliphatic carbocycles. The quantitative estimate of drug-likeness (QED) is 0.541. The van der Waals surface area contributed by atoms with Gasteiger partial charge in [-0.05, 0) is 48.9 Å². The summed E-state index contributed by atoms with van der Waals surface area (Å²) in [5, 5.41) is 0. The molecule has 0 saturated heterocycles. The van der Waals surface area contributed by atoms with Crippen LogP contribution in [0.3, 0.4) is 0 Å². The number of Topliss-reactive ketones (excluding diaryl/α,β-unsaturated/α-hetero) is 1. The Balaban J connectivity index is 1.42. The average Bonchev–Trinajstić information content (AvgIpc) is 3.15. The highest BCUT2D eigenvalue weighted by atomic mass is 16.5. The largest absolute Gasteiger partial charge is 0.493 e. The number of hydrogen-bond donors (Lipinski definition) is 0. The number of rotatable bonds is 5. The van der Waals surface area contributed by atoms with E-state index in [2.05, 4.69) is 9.88 Å². The number of nitrogens with zero attached hydrogens (tertiary/aromatic N) is 2. The van der Waals surface area contributed by atoms with Crippen molar-refractivity contribution in [3.63, 3.8) is 0 Å². The molecule has 2 aliphatic rings. The highest BCUT2D eigenvalue weighted by molar-refractivity contribution is 6.15. The number of fused-ring (bicyclic) bond motifs is 2. The fraction of sp³-hybridized carbons (Fsp3) is 0.231. The molecule has 0 saturated carbocycles. The van der Waals surface area contributed by atoms with Gasteiger partial charge in [0.15, 0.2) is 17.3 Å². The fourth-order valence-electron chi connectivity index (χ4n) is 4.21. The van der Waals surface area contributed by atoms with Gasteiger partial charge in [-0.3, -0.25) is 14.7 Å². The number of benzene rings is 2. The number of methoxy groups -OCH3 is 2. The molecular formula is C26H24N2O5. The van der Waals surface area contributed by atoms with Crippen molar-refractivity contribution in [1.82, 2.24) is 9.88 Å². The van der Waals surface area contributed by atoms with Gasteiger partial charge in [0.05, 0.1) is 25.5 Å². The van der Waals surface area contributed by atoms with E-state index in [4.69, 9.17) is 18.9 Å². The molecule has 0 spiro atoms. The average molecular weight is 444 g/mol. The van der Waals surface area contributed by atoms with Crippen molar-refractivity contribution in [3.8, 4) is 23.0 Å². The number of hydrogen-bond acceptors (Lipinski definition) is 7. The van der Waals surface area contributed by atoms with Crippen LogP contribution in [0, 0.1) is 6.92 Å². The molecule has 3 heterocycles. The van der Waals surface area contributed by atoms with Crippen molar-refractivity contribution in [3.05, 3.63) is 82.4 Å². The van der Waals surface area contributed by atoms with Gasteiger partial charge in [-0.25, -0.2) is 0 Å². The molecule has 168 valence electrons. The van der Waals surface area contributed by atoms with E-state index < -0.39 is 0 Å². The van der Waals surface area contributed by atoms with Crippen LogP contribution in [-0.2, 0) is 13.1 Å². The third kappa shape index (κ3) is 3.91. The van der Waals surface area contributed by atoms with Crippen molar-refractivity contribution in [1.29, 1.82) is 0 Å². The van der Waals surface area contributed by atoms with Crippen molar-refractivity contribution < 1.29 is 23.7 Å². The molecule has 1 aromatic heterocycles. The zero-order valence-electron chi connectivity index (χ0n) is 18.8. The molecule has 0 atom stereocenters. The van der Waals surface area contributed by atoms with E-state index in [-0.39, 0.29) is 11.5 Å². The normalized spacial score (nSPS) is 16.1. The van der Waals surface area contributed by atoms with Gasteiger partial charge in [-0.15, -0.1) is 0 Å². The molecule has 0 bridgehead atoms. The highest BCUT2D eigenvalue weighted by Crippen LogP contribution is 2.43. The predicted molar refractivity (Wildman–Crippen MR) is 123 cm³/mol. The minimum atomic E-state index is -0.146. The van der Waals surface area contributed by atoms with Gasteiger partial charge in [0.2, 0.25) is 5.78 Å². The van der Waals surface area contributed by atoms with Crippen LogP contribution in [0.5, 0.6) is 23.0 Å². The maximum atomic E-state index is 13.2. The smallest absolute Gasteiger partial charge is 0.231 e. The third-order valence-electron chi connectivity index (χ3n) is 5.82. The molecule has 0 fully saturated rings. The van der Waals surface area contributed by atoms with Crippen LogP contribution in [0.4, 0.5) is 0 Å². The van der Waals surface area contributed by atoms with Gasteiger partial charge < -0.3 is 18.9 Å². The van der Waals surface area contributed by atoms with Gasteiger partial charge in [0, 0.05) is 30.4 Å². The van der Waals surface area contributed by atoms with E-state index in [0.29, 0.717) is 42.6 Å². The van der Waals surface area contributed by atoms with E-state index in [1.807, 2.05) is 43.3 Å². The molecule has 0 amide bonds. The highest BCUT2D eigenvalue weighted by Gasteiger charge is 2.33. The first-order valence-electron chi connectivity index (χ1n) is 10.6. The molecule has 0 N–H and O–H groups in total. The minimum Gasteiger partial charge on any atom is -0.493 e. The molecule has 5 rings (SSSR count). The Morgan fingerprint density at radius 1 is 1.09 bits per heavy atom. The maximum absolute atomic E-state index is 13.2. The Hall–Kier alpha value is -3.84. The van der Waals surface area contributed by atoms with E-state index in [1.54, 1.807) is 32.6 Å². The molecule has 2 aromatic carbocycles. The standard InChI is InChI=1S/C26H24N2O5/c1-16-25-18(13-28(15-32-25)14-19-6-4-5-9-27-19)12-20-24(29)23(33-26(16)20)11-17-7-8-21(30-2)22(10-17)31-3/h4-12H,13-15H2,1-3H3. The lowest BCUT2D eigenvalue weighted by molar-refractivity contribution is 0.0865. The zero-order valence-corrected chi connectivity index (χ0v) is 18.8. The summed E-state index contributed by atoms with van der Waals surface area (Å²) in [6.07, 6.45) is 3.50. The lowest BCUT2D eigenvalue weighted by Crippen LogP contribution is -2.32. The van der Waals surface area contributed by atoms with Crippen LogP contribution in [-0.4, -0.2) is 36.6 Å². The third-order valence-corrected chi connectivity index (χ3v) is 5.82.